The van der Waals surface area contributed by atoms with E-state index in [2.05, 4.69) is 0 Å². The molecule has 2 fully saturated rings. The van der Waals surface area contributed by atoms with Crippen molar-refractivity contribution >= 4 is 23.8 Å². The SMILES string of the molecule is CCN(CC)C(=O)[C@H]1O[C@@H]1[C@H](OC(C)=O)[C@@H](OC(C)=O)[C@@H]1O[C@H](c2ccccc2)OC[C@H]1OC(C)=O. The van der Waals surface area contributed by atoms with Gasteiger partial charge in [0.25, 0.3) is 5.91 Å². The second-order valence-corrected chi connectivity index (χ2v) is 8.50. The summed E-state index contributed by atoms with van der Waals surface area (Å²) in [5.41, 5.74) is 0.687. The van der Waals surface area contributed by atoms with Crippen LogP contribution in [0, 0.1) is 0 Å². The van der Waals surface area contributed by atoms with Crippen molar-refractivity contribution < 1.29 is 47.6 Å². The van der Waals surface area contributed by atoms with Crippen LogP contribution in [0.2, 0.25) is 0 Å². The Hall–Kier alpha value is -3.02. The number of esters is 3. The molecule has 2 aliphatic rings. The molecule has 0 bridgehead atoms. The van der Waals surface area contributed by atoms with Gasteiger partial charge in [-0.25, -0.2) is 0 Å². The summed E-state index contributed by atoms with van der Waals surface area (Å²) in [7, 11) is 0. The molecule has 11 nitrogen and oxygen atoms in total. The maximum absolute atomic E-state index is 12.9. The lowest BCUT2D eigenvalue weighted by atomic mass is 9.97. The minimum atomic E-state index is -1.26. The number of epoxide rings is 1. The van der Waals surface area contributed by atoms with E-state index in [0.717, 1.165) is 0 Å². The predicted octanol–water partition coefficient (Wildman–Crippen LogP) is 1.53. The third-order valence-corrected chi connectivity index (χ3v) is 5.87. The summed E-state index contributed by atoms with van der Waals surface area (Å²) in [5.74, 6) is -2.22. The Kier molecular flexibility index (Phi) is 9.41. The minimum Gasteiger partial charge on any atom is -0.457 e. The number of amides is 1. The molecule has 0 spiro atoms. The van der Waals surface area contributed by atoms with E-state index in [1.807, 2.05) is 32.0 Å². The number of rotatable bonds is 10. The first-order chi connectivity index (χ1) is 17.2. The number of ether oxygens (including phenoxy) is 6. The van der Waals surface area contributed by atoms with Gasteiger partial charge in [0.05, 0.1) is 6.61 Å². The quantitative estimate of drug-likeness (QED) is 0.261. The Morgan fingerprint density at radius 1 is 0.889 bits per heavy atom. The zero-order valence-electron chi connectivity index (χ0n) is 21.1. The van der Waals surface area contributed by atoms with Crippen LogP contribution < -0.4 is 0 Å². The lowest BCUT2D eigenvalue weighted by Gasteiger charge is -2.41. The number of carbonyl (C=O) groups is 4. The average Bonchev–Trinajstić information content (AvgIpc) is 3.63. The van der Waals surface area contributed by atoms with E-state index in [9.17, 15) is 19.2 Å². The molecule has 0 aliphatic carbocycles. The number of carbonyl (C=O) groups excluding carboxylic acids is 4. The molecule has 0 radical (unpaired) electrons. The van der Waals surface area contributed by atoms with E-state index in [1.54, 1.807) is 17.0 Å². The Bertz CT molecular complexity index is 934. The van der Waals surface area contributed by atoms with Crippen molar-refractivity contribution in [2.24, 2.45) is 0 Å². The molecule has 0 N–H and O–H groups in total. The second kappa shape index (κ2) is 12.3. The molecular formula is C25H33NO10. The van der Waals surface area contributed by atoms with Gasteiger partial charge in [-0.3, -0.25) is 19.2 Å². The van der Waals surface area contributed by atoms with Crippen molar-refractivity contribution in [3.05, 3.63) is 35.9 Å². The van der Waals surface area contributed by atoms with Crippen molar-refractivity contribution in [2.45, 2.75) is 77.5 Å². The third kappa shape index (κ3) is 6.80. The molecule has 7 atom stereocenters. The summed E-state index contributed by atoms with van der Waals surface area (Å²) >= 11 is 0. The molecule has 2 saturated heterocycles. The molecule has 3 rings (SSSR count). The van der Waals surface area contributed by atoms with Gasteiger partial charge in [0, 0.05) is 39.4 Å². The van der Waals surface area contributed by atoms with Crippen LogP contribution in [0.3, 0.4) is 0 Å². The smallest absolute Gasteiger partial charge is 0.303 e. The number of hydrogen-bond donors (Lipinski definition) is 0. The van der Waals surface area contributed by atoms with Crippen molar-refractivity contribution in [1.29, 1.82) is 0 Å². The fraction of sp³-hybridized carbons (Fsp3) is 0.600. The predicted molar refractivity (Wildman–Crippen MR) is 123 cm³/mol. The summed E-state index contributed by atoms with van der Waals surface area (Å²) in [6.45, 7) is 8.19. The summed E-state index contributed by atoms with van der Waals surface area (Å²) < 4.78 is 34.1. The Labute approximate surface area is 209 Å². The van der Waals surface area contributed by atoms with Crippen LogP contribution in [0.1, 0.15) is 46.5 Å². The number of likely N-dealkylation sites (N-methyl/N-ethyl adjacent to an activating group) is 1. The van der Waals surface area contributed by atoms with Crippen LogP contribution in [0.5, 0.6) is 0 Å². The Balaban J connectivity index is 1.94. The molecule has 0 saturated carbocycles. The molecule has 1 aromatic rings. The maximum Gasteiger partial charge on any atom is 0.303 e. The third-order valence-electron chi connectivity index (χ3n) is 5.87. The number of hydrogen-bond acceptors (Lipinski definition) is 10. The lowest BCUT2D eigenvalue weighted by Crippen LogP contribution is -2.56. The van der Waals surface area contributed by atoms with Crippen molar-refractivity contribution in [2.75, 3.05) is 19.7 Å². The van der Waals surface area contributed by atoms with E-state index in [1.165, 1.54) is 20.8 Å². The molecule has 2 aliphatic heterocycles. The molecule has 11 heteroatoms. The van der Waals surface area contributed by atoms with E-state index < -0.39 is 60.8 Å². The maximum atomic E-state index is 12.9. The van der Waals surface area contributed by atoms with Gasteiger partial charge < -0.3 is 33.3 Å². The fourth-order valence-corrected chi connectivity index (χ4v) is 4.25. The summed E-state index contributed by atoms with van der Waals surface area (Å²) in [5, 5.41) is 0. The highest BCUT2D eigenvalue weighted by Crippen LogP contribution is 2.37. The van der Waals surface area contributed by atoms with E-state index in [4.69, 9.17) is 28.4 Å². The van der Waals surface area contributed by atoms with Gasteiger partial charge in [0.1, 0.15) is 12.2 Å². The first-order valence-corrected chi connectivity index (χ1v) is 11.9. The van der Waals surface area contributed by atoms with Crippen molar-refractivity contribution in [3.63, 3.8) is 0 Å². The second-order valence-electron chi connectivity index (χ2n) is 8.50. The van der Waals surface area contributed by atoms with Gasteiger partial charge in [-0.05, 0) is 13.8 Å². The molecule has 2 heterocycles. The van der Waals surface area contributed by atoms with Gasteiger partial charge in [0.15, 0.2) is 30.7 Å². The zero-order valence-corrected chi connectivity index (χ0v) is 21.1. The summed E-state index contributed by atoms with van der Waals surface area (Å²) in [6, 6.07) is 9.03. The number of nitrogens with zero attached hydrogens (tertiary/aromatic N) is 1. The topological polar surface area (TPSA) is 130 Å². The average molecular weight is 508 g/mol. The van der Waals surface area contributed by atoms with Crippen LogP contribution in [0.15, 0.2) is 30.3 Å². The highest BCUT2D eigenvalue weighted by molar-refractivity contribution is 5.84. The molecule has 0 aromatic heterocycles. The Morgan fingerprint density at radius 3 is 2.00 bits per heavy atom. The standard InChI is InChI=1S/C25H33NO10/c1-6-26(7-2)24(30)23-22(35-23)21(34-16(5)29)20(33-15(4)28)19-18(32-14(3)27)13-31-25(36-19)17-11-9-8-10-12-17/h8-12,18-23,25H,6-7,13H2,1-5H3/t18-,19-,20+,21-,22-,23+,25-/m1/s1. The monoisotopic (exact) mass is 507 g/mol. The highest BCUT2D eigenvalue weighted by Gasteiger charge is 2.59. The lowest BCUT2D eigenvalue weighted by molar-refractivity contribution is -0.289. The van der Waals surface area contributed by atoms with Gasteiger partial charge in [0.2, 0.25) is 0 Å². The number of benzene rings is 1. The zero-order chi connectivity index (χ0) is 26.4. The molecule has 1 aromatic carbocycles. The van der Waals surface area contributed by atoms with Gasteiger partial charge in [-0.15, -0.1) is 0 Å². The van der Waals surface area contributed by atoms with E-state index in [0.29, 0.717) is 18.7 Å². The largest absolute Gasteiger partial charge is 0.457 e. The van der Waals surface area contributed by atoms with Crippen LogP contribution in [0.4, 0.5) is 0 Å². The summed E-state index contributed by atoms with van der Waals surface area (Å²) in [4.78, 5) is 50.5. The molecule has 1 amide bonds. The van der Waals surface area contributed by atoms with Gasteiger partial charge >= 0.3 is 17.9 Å². The van der Waals surface area contributed by atoms with Crippen molar-refractivity contribution in [3.8, 4) is 0 Å². The van der Waals surface area contributed by atoms with Crippen LogP contribution in [0.25, 0.3) is 0 Å². The molecule has 36 heavy (non-hydrogen) atoms. The van der Waals surface area contributed by atoms with Gasteiger partial charge in [-0.2, -0.15) is 0 Å². The highest BCUT2D eigenvalue weighted by atomic mass is 16.7. The normalized spacial score (nSPS) is 26.8. The molecular weight excluding hydrogens is 474 g/mol. The molecule has 0 unspecified atom stereocenters. The van der Waals surface area contributed by atoms with Crippen LogP contribution in [-0.2, 0) is 47.6 Å². The molecule has 198 valence electrons. The van der Waals surface area contributed by atoms with Gasteiger partial charge in [-0.1, -0.05) is 30.3 Å². The van der Waals surface area contributed by atoms with Crippen LogP contribution >= 0.6 is 0 Å². The van der Waals surface area contributed by atoms with Crippen LogP contribution in [-0.4, -0.2) is 85.0 Å². The summed E-state index contributed by atoms with van der Waals surface area (Å²) in [6.07, 6.45) is -7.17. The fourth-order valence-electron chi connectivity index (χ4n) is 4.25. The Morgan fingerprint density at radius 2 is 1.47 bits per heavy atom. The minimum absolute atomic E-state index is 0.0678. The van der Waals surface area contributed by atoms with Crippen molar-refractivity contribution in [1.82, 2.24) is 4.90 Å². The van der Waals surface area contributed by atoms with E-state index >= 15 is 0 Å². The first-order valence-electron chi connectivity index (χ1n) is 11.9. The first kappa shape index (κ1) is 27.6. The van der Waals surface area contributed by atoms with E-state index in [-0.39, 0.29) is 12.5 Å².